The van der Waals surface area contributed by atoms with E-state index in [0.29, 0.717) is 23.3 Å². The van der Waals surface area contributed by atoms with E-state index < -0.39 is 22.5 Å². The molecule has 0 saturated heterocycles. The summed E-state index contributed by atoms with van der Waals surface area (Å²) < 4.78 is 33.8. The first-order valence-corrected chi connectivity index (χ1v) is 12.7. The van der Waals surface area contributed by atoms with Crippen LogP contribution < -0.4 is 4.74 Å². The highest BCUT2D eigenvalue weighted by Crippen LogP contribution is 2.32. The summed E-state index contributed by atoms with van der Waals surface area (Å²) in [6, 6.07) is 19.6. The molecule has 0 bridgehead atoms. The minimum Gasteiger partial charge on any atom is -0.490 e. The van der Waals surface area contributed by atoms with Gasteiger partial charge in [-0.1, -0.05) is 24.3 Å². The van der Waals surface area contributed by atoms with Crippen molar-refractivity contribution in [3.63, 3.8) is 0 Å². The molecule has 3 aromatic rings. The number of nitrogens with zero attached hydrogens (tertiary/aromatic N) is 2. The van der Waals surface area contributed by atoms with Crippen molar-refractivity contribution in [2.45, 2.75) is 44.2 Å². The van der Waals surface area contributed by atoms with Crippen molar-refractivity contribution in [1.29, 1.82) is 5.26 Å². The normalized spacial score (nSPS) is 15.2. The van der Waals surface area contributed by atoms with E-state index in [-0.39, 0.29) is 17.5 Å². The highest BCUT2D eigenvalue weighted by atomic mass is 32.2. The molecule has 0 aromatic heterocycles. The van der Waals surface area contributed by atoms with Crippen molar-refractivity contribution in [3.05, 3.63) is 82.9 Å². The number of aryl methyl sites for hydroxylation is 2. The molecule has 3 aromatic carbocycles. The lowest BCUT2D eigenvalue weighted by atomic mass is 9.97. The molecule has 0 fully saturated rings. The van der Waals surface area contributed by atoms with Crippen molar-refractivity contribution in [2.75, 3.05) is 6.54 Å². The van der Waals surface area contributed by atoms with Crippen LogP contribution in [0.2, 0.25) is 0 Å². The Labute approximate surface area is 205 Å². The number of benzene rings is 3. The lowest BCUT2D eigenvalue weighted by molar-refractivity contribution is -0.137. The standard InChI is InChI=1S/C27H26N2O5S/c1-18-5-3-4-6-25(18)23-12-20(15-28)11-21(13-23)16-29(17-27(30)31)35(32,33)24-9-10-26-22(14-24)8-7-19(2)34-26/h3-6,9-14,19H,7-8,16-17H2,1-2H3,(H,30,31). The number of ether oxygens (including phenoxy) is 1. The van der Waals surface area contributed by atoms with Crippen molar-refractivity contribution < 1.29 is 23.1 Å². The summed E-state index contributed by atoms with van der Waals surface area (Å²) in [5.41, 5.74) is 4.38. The molecule has 180 valence electrons. The molecule has 4 rings (SSSR count). The average molecular weight is 491 g/mol. The van der Waals surface area contributed by atoms with Crippen LogP contribution in [0.5, 0.6) is 5.75 Å². The number of hydrogen-bond donors (Lipinski definition) is 1. The third kappa shape index (κ3) is 5.37. The van der Waals surface area contributed by atoms with Crippen molar-refractivity contribution >= 4 is 16.0 Å². The third-order valence-corrected chi connectivity index (χ3v) is 7.85. The number of sulfonamides is 1. The summed E-state index contributed by atoms with van der Waals surface area (Å²) in [5, 5.41) is 19.0. The van der Waals surface area contributed by atoms with Crippen LogP contribution in [-0.4, -0.2) is 36.4 Å². The maximum absolute atomic E-state index is 13.5. The number of hydrogen-bond acceptors (Lipinski definition) is 5. The van der Waals surface area contributed by atoms with Crippen LogP contribution in [0.1, 0.15) is 35.6 Å². The number of nitriles is 1. The molecule has 0 saturated carbocycles. The van der Waals surface area contributed by atoms with E-state index in [4.69, 9.17) is 4.74 Å². The molecule has 1 N–H and O–H groups in total. The lowest BCUT2D eigenvalue weighted by Gasteiger charge is -2.25. The summed E-state index contributed by atoms with van der Waals surface area (Å²) >= 11 is 0. The van der Waals surface area contributed by atoms with E-state index >= 15 is 0 Å². The van der Waals surface area contributed by atoms with Crippen LogP contribution in [0.4, 0.5) is 0 Å². The van der Waals surface area contributed by atoms with E-state index in [1.54, 1.807) is 30.3 Å². The Balaban J connectivity index is 1.72. The Kier molecular flexibility index (Phi) is 6.92. The first kappa shape index (κ1) is 24.5. The van der Waals surface area contributed by atoms with Crippen molar-refractivity contribution in [3.8, 4) is 22.9 Å². The number of carboxylic acid groups (broad SMARTS) is 1. The number of aliphatic carboxylic acids is 1. The van der Waals surface area contributed by atoms with Crippen molar-refractivity contribution in [2.24, 2.45) is 0 Å². The van der Waals surface area contributed by atoms with Crippen LogP contribution in [0, 0.1) is 18.3 Å². The van der Waals surface area contributed by atoms with Gasteiger partial charge in [0.05, 0.1) is 22.6 Å². The van der Waals surface area contributed by atoms with Crippen molar-refractivity contribution in [1.82, 2.24) is 4.31 Å². The van der Waals surface area contributed by atoms with E-state index in [0.717, 1.165) is 33.0 Å². The third-order valence-electron chi connectivity index (χ3n) is 6.07. The van der Waals surface area contributed by atoms with Crippen LogP contribution in [0.15, 0.2) is 65.6 Å². The molecular weight excluding hydrogens is 464 g/mol. The maximum atomic E-state index is 13.5. The minimum absolute atomic E-state index is 0.0196. The Morgan fingerprint density at radius 1 is 1.17 bits per heavy atom. The molecule has 1 aliphatic rings. The second-order valence-electron chi connectivity index (χ2n) is 8.75. The fourth-order valence-corrected chi connectivity index (χ4v) is 5.72. The number of rotatable bonds is 7. The van der Waals surface area contributed by atoms with Crippen LogP contribution in [-0.2, 0) is 27.8 Å². The molecule has 8 heteroatoms. The summed E-state index contributed by atoms with van der Waals surface area (Å²) in [6.07, 6.45) is 1.52. The first-order chi connectivity index (χ1) is 16.7. The van der Waals surface area contributed by atoms with Gasteiger partial charge in [-0.25, -0.2) is 8.42 Å². The van der Waals surface area contributed by atoms with Gasteiger partial charge in [0.15, 0.2) is 0 Å². The Morgan fingerprint density at radius 2 is 1.94 bits per heavy atom. The predicted octanol–water partition coefficient (Wildman–Crippen LogP) is 4.52. The molecule has 1 heterocycles. The zero-order valence-corrected chi connectivity index (χ0v) is 20.4. The second kappa shape index (κ2) is 9.90. The number of carbonyl (C=O) groups is 1. The second-order valence-corrected chi connectivity index (χ2v) is 10.7. The SMILES string of the molecule is Cc1ccccc1-c1cc(C#N)cc(CN(CC(=O)O)S(=O)(=O)c2ccc3c(c2)CCC(C)O3)c1. The van der Waals surface area contributed by atoms with Gasteiger partial charge in [-0.05, 0) is 90.9 Å². The monoisotopic (exact) mass is 490 g/mol. The van der Waals surface area contributed by atoms with Crippen LogP contribution in [0.25, 0.3) is 11.1 Å². The predicted molar refractivity (Wildman–Crippen MR) is 131 cm³/mol. The van der Waals surface area contributed by atoms with E-state index in [9.17, 15) is 23.6 Å². The van der Waals surface area contributed by atoms with Crippen LogP contribution in [0.3, 0.4) is 0 Å². The van der Waals surface area contributed by atoms with Gasteiger partial charge >= 0.3 is 5.97 Å². The number of carboxylic acids is 1. The molecule has 0 radical (unpaired) electrons. The molecule has 1 unspecified atom stereocenters. The lowest BCUT2D eigenvalue weighted by Crippen LogP contribution is -2.35. The minimum atomic E-state index is -4.13. The molecule has 1 aliphatic heterocycles. The topological polar surface area (TPSA) is 108 Å². The fourth-order valence-electron chi connectivity index (χ4n) is 4.29. The Bertz CT molecular complexity index is 1430. The summed E-state index contributed by atoms with van der Waals surface area (Å²) in [5.74, 6) is -0.615. The van der Waals surface area contributed by atoms with Gasteiger partial charge in [-0.2, -0.15) is 9.57 Å². The average Bonchev–Trinajstić information content (AvgIpc) is 2.83. The van der Waals surface area contributed by atoms with Gasteiger partial charge in [0.2, 0.25) is 10.0 Å². The van der Waals surface area contributed by atoms with E-state index in [2.05, 4.69) is 6.07 Å². The number of fused-ring (bicyclic) bond motifs is 1. The zero-order chi connectivity index (χ0) is 25.2. The molecule has 7 nitrogen and oxygen atoms in total. The molecule has 0 spiro atoms. The Morgan fingerprint density at radius 3 is 2.66 bits per heavy atom. The molecular formula is C27H26N2O5S. The van der Waals surface area contributed by atoms with Gasteiger partial charge in [-0.15, -0.1) is 0 Å². The largest absolute Gasteiger partial charge is 0.490 e. The fraction of sp³-hybridized carbons (Fsp3) is 0.259. The van der Waals surface area contributed by atoms with E-state index in [1.807, 2.05) is 38.1 Å². The highest BCUT2D eigenvalue weighted by molar-refractivity contribution is 7.89. The van der Waals surface area contributed by atoms with Gasteiger partial charge in [0, 0.05) is 6.54 Å². The van der Waals surface area contributed by atoms with Gasteiger partial charge < -0.3 is 9.84 Å². The van der Waals surface area contributed by atoms with Gasteiger partial charge in [-0.3, -0.25) is 4.79 Å². The molecule has 0 amide bonds. The van der Waals surface area contributed by atoms with Gasteiger partial charge in [0.25, 0.3) is 0 Å². The first-order valence-electron chi connectivity index (χ1n) is 11.3. The van der Waals surface area contributed by atoms with Crippen LogP contribution >= 0.6 is 0 Å². The summed E-state index contributed by atoms with van der Waals surface area (Å²) in [4.78, 5) is 11.6. The smallest absolute Gasteiger partial charge is 0.318 e. The van der Waals surface area contributed by atoms with E-state index in [1.165, 1.54) is 6.07 Å². The molecule has 0 aliphatic carbocycles. The molecule has 1 atom stereocenters. The molecule has 35 heavy (non-hydrogen) atoms. The summed E-state index contributed by atoms with van der Waals surface area (Å²) in [7, 11) is -4.13. The highest BCUT2D eigenvalue weighted by Gasteiger charge is 2.29. The summed E-state index contributed by atoms with van der Waals surface area (Å²) in [6.45, 7) is 3.02. The Hall–Kier alpha value is -3.67. The quantitative estimate of drug-likeness (QED) is 0.522. The maximum Gasteiger partial charge on any atom is 0.318 e. The van der Waals surface area contributed by atoms with Gasteiger partial charge in [0.1, 0.15) is 12.3 Å². The zero-order valence-electron chi connectivity index (χ0n) is 19.6.